The van der Waals surface area contributed by atoms with Crippen molar-refractivity contribution in [2.45, 2.75) is 46.7 Å². The van der Waals surface area contributed by atoms with Crippen molar-refractivity contribution in [3.63, 3.8) is 0 Å². The topological polar surface area (TPSA) is 133 Å². The van der Waals surface area contributed by atoms with Gasteiger partial charge in [0.2, 0.25) is 0 Å². The summed E-state index contributed by atoms with van der Waals surface area (Å²) in [5, 5.41) is -3.77. The molecular formula is C22H31NO9S2. The van der Waals surface area contributed by atoms with Crippen LogP contribution in [0, 0.1) is 0 Å². The standard InChI is InChI=1S/C22H31NO9S2/c1-30-16-9-7-15(8-10-16)18-19(21(24)31-2)33(26,27)17(11-14-23-12-5-4-6-13-23)34(28,29)20(18)22(25)32-3/h7-10,17-20H,4-6,11-14H2,1-3H3/t17?,18?,19-,20-/m1/s1. The molecule has 0 unspecified atom stereocenters. The van der Waals surface area contributed by atoms with Gasteiger partial charge in [-0.25, -0.2) is 16.8 Å². The molecule has 2 fully saturated rings. The van der Waals surface area contributed by atoms with Gasteiger partial charge < -0.3 is 19.1 Å². The molecule has 1 aromatic carbocycles. The van der Waals surface area contributed by atoms with Crippen LogP contribution in [0.4, 0.5) is 0 Å². The predicted octanol–water partition coefficient (Wildman–Crippen LogP) is 0.907. The molecule has 0 radical (unpaired) electrons. The summed E-state index contributed by atoms with van der Waals surface area (Å²) in [6.45, 7) is 1.70. The van der Waals surface area contributed by atoms with Gasteiger partial charge in [-0.15, -0.1) is 0 Å². The molecule has 2 saturated heterocycles. The first-order valence-electron chi connectivity index (χ1n) is 11.1. The van der Waals surface area contributed by atoms with Crippen LogP contribution in [0.3, 0.4) is 0 Å². The molecule has 0 aromatic heterocycles. The smallest absolute Gasteiger partial charge is 0.324 e. The van der Waals surface area contributed by atoms with E-state index in [4.69, 9.17) is 14.2 Å². The summed E-state index contributed by atoms with van der Waals surface area (Å²) in [5.74, 6) is -3.33. The summed E-state index contributed by atoms with van der Waals surface area (Å²) in [6, 6.07) is 5.88. The molecule has 2 aliphatic heterocycles. The summed E-state index contributed by atoms with van der Waals surface area (Å²) in [4.78, 5) is 27.7. The normalized spacial score (nSPS) is 28.6. The zero-order valence-corrected chi connectivity index (χ0v) is 21.1. The van der Waals surface area contributed by atoms with E-state index in [1.165, 1.54) is 31.4 Å². The van der Waals surface area contributed by atoms with Crippen LogP contribution in [0.2, 0.25) is 0 Å². The number of hydrogen-bond acceptors (Lipinski definition) is 10. The molecular weight excluding hydrogens is 486 g/mol. The van der Waals surface area contributed by atoms with Gasteiger partial charge in [0.05, 0.1) is 21.3 Å². The van der Waals surface area contributed by atoms with Gasteiger partial charge in [-0.05, 0) is 50.0 Å². The molecule has 0 spiro atoms. The maximum atomic E-state index is 13.7. The molecule has 2 atom stereocenters. The van der Waals surface area contributed by atoms with Gasteiger partial charge in [-0.1, -0.05) is 18.6 Å². The Morgan fingerprint density at radius 1 is 0.853 bits per heavy atom. The molecule has 12 heteroatoms. The van der Waals surface area contributed by atoms with E-state index in [-0.39, 0.29) is 18.5 Å². The van der Waals surface area contributed by atoms with Gasteiger partial charge in [-0.3, -0.25) is 9.59 Å². The second-order valence-electron chi connectivity index (χ2n) is 8.49. The Morgan fingerprint density at radius 3 is 1.79 bits per heavy atom. The SMILES string of the molecule is COC(=O)[C@H]1C(c2ccc(OC)cc2)[C@H](C(=O)OC)S(=O)(=O)C(CCN2CCCCC2)S1(=O)=O. The summed E-state index contributed by atoms with van der Waals surface area (Å²) < 4.78 is 67.5. The predicted molar refractivity (Wildman–Crippen MR) is 124 cm³/mol. The molecule has 190 valence electrons. The lowest BCUT2D eigenvalue weighted by atomic mass is 9.91. The summed E-state index contributed by atoms with van der Waals surface area (Å²) in [5.41, 5.74) is 0.174. The molecule has 3 rings (SSSR count). The first kappa shape index (κ1) is 26.4. The number of carbonyl (C=O) groups excluding carboxylic acids is 2. The molecule has 0 N–H and O–H groups in total. The van der Waals surface area contributed by atoms with Gasteiger partial charge in [0.1, 0.15) is 5.75 Å². The number of ether oxygens (including phenoxy) is 3. The zero-order valence-electron chi connectivity index (χ0n) is 19.5. The summed E-state index contributed by atoms with van der Waals surface area (Å²) in [7, 11) is -5.70. The molecule has 10 nitrogen and oxygen atoms in total. The van der Waals surface area contributed by atoms with Crippen LogP contribution >= 0.6 is 0 Å². The highest BCUT2D eigenvalue weighted by molar-refractivity contribution is 8.11. The Bertz CT molecular complexity index is 1040. The number of likely N-dealkylation sites (tertiary alicyclic amines) is 1. The van der Waals surface area contributed by atoms with Crippen molar-refractivity contribution < 1.29 is 40.6 Å². The van der Waals surface area contributed by atoms with Gasteiger partial charge in [-0.2, -0.15) is 0 Å². The maximum absolute atomic E-state index is 13.7. The molecule has 2 heterocycles. The van der Waals surface area contributed by atoms with Crippen LogP contribution in [0.15, 0.2) is 24.3 Å². The van der Waals surface area contributed by atoms with Crippen LogP contribution in [0.5, 0.6) is 5.75 Å². The first-order chi connectivity index (χ1) is 16.1. The lowest BCUT2D eigenvalue weighted by Crippen LogP contribution is -2.60. The minimum atomic E-state index is -4.60. The molecule has 34 heavy (non-hydrogen) atoms. The largest absolute Gasteiger partial charge is 0.497 e. The number of rotatable bonds is 7. The van der Waals surface area contributed by atoms with Crippen molar-refractivity contribution in [1.82, 2.24) is 4.90 Å². The number of nitrogens with zero attached hydrogens (tertiary/aromatic N) is 1. The monoisotopic (exact) mass is 517 g/mol. The fraction of sp³-hybridized carbons (Fsp3) is 0.636. The highest BCUT2D eigenvalue weighted by Gasteiger charge is 2.63. The van der Waals surface area contributed by atoms with Crippen molar-refractivity contribution in [3.8, 4) is 5.75 Å². The molecule has 0 bridgehead atoms. The minimum Gasteiger partial charge on any atom is -0.497 e. The first-order valence-corrected chi connectivity index (χ1v) is 14.3. The van der Waals surface area contributed by atoms with Crippen molar-refractivity contribution >= 4 is 31.6 Å². The number of sulfone groups is 2. The van der Waals surface area contributed by atoms with Gasteiger partial charge in [0.15, 0.2) is 34.8 Å². The number of carbonyl (C=O) groups is 2. The van der Waals surface area contributed by atoms with Crippen LogP contribution in [0.1, 0.15) is 37.2 Å². The fourth-order valence-corrected chi connectivity index (χ4v) is 10.9. The van der Waals surface area contributed by atoms with E-state index < -0.39 is 52.6 Å². The van der Waals surface area contributed by atoms with Crippen LogP contribution in [-0.2, 0) is 38.7 Å². The number of hydrogen-bond donors (Lipinski definition) is 0. The molecule has 0 amide bonds. The van der Waals surface area contributed by atoms with Crippen molar-refractivity contribution in [3.05, 3.63) is 29.8 Å². The number of methoxy groups -OCH3 is 3. The van der Waals surface area contributed by atoms with Gasteiger partial charge in [0, 0.05) is 12.5 Å². The Hall–Kier alpha value is -2.18. The third-order valence-corrected chi connectivity index (χ3v) is 12.5. The summed E-state index contributed by atoms with van der Waals surface area (Å²) in [6.07, 6.45) is 2.70. The lowest BCUT2D eigenvalue weighted by molar-refractivity contribution is -0.142. The van der Waals surface area contributed by atoms with Crippen LogP contribution in [-0.4, -0.2) is 89.7 Å². The third kappa shape index (κ3) is 4.94. The fourth-order valence-electron chi connectivity index (χ4n) is 4.85. The number of esters is 2. The van der Waals surface area contributed by atoms with E-state index in [1.54, 1.807) is 0 Å². The second-order valence-corrected chi connectivity index (χ2v) is 13.3. The molecule has 0 aliphatic carbocycles. The summed E-state index contributed by atoms with van der Waals surface area (Å²) >= 11 is 0. The Morgan fingerprint density at radius 2 is 1.35 bits per heavy atom. The van der Waals surface area contributed by atoms with Crippen molar-refractivity contribution in [2.24, 2.45) is 0 Å². The van der Waals surface area contributed by atoms with Crippen LogP contribution < -0.4 is 4.74 Å². The van der Waals surface area contributed by atoms with E-state index in [1.807, 2.05) is 4.90 Å². The average molecular weight is 518 g/mol. The highest BCUT2D eigenvalue weighted by Crippen LogP contribution is 2.44. The Kier molecular flexibility index (Phi) is 8.25. The van der Waals surface area contributed by atoms with Crippen molar-refractivity contribution in [1.29, 1.82) is 0 Å². The second kappa shape index (κ2) is 10.6. The zero-order chi connectivity index (χ0) is 25.1. The molecule has 0 saturated carbocycles. The lowest BCUT2D eigenvalue weighted by Gasteiger charge is -2.39. The molecule has 2 aliphatic rings. The van der Waals surface area contributed by atoms with Gasteiger partial charge >= 0.3 is 11.9 Å². The van der Waals surface area contributed by atoms with E-state index in [9.17, 15) is 26.4 Å². The Balaban J connectivity index is 2.13. The van der Waals surface area contributed by atoms with E-state index in [0.717, 1.165) is 46.6 Å². The molecule has 1 aromatic rings. The van der Waals surface area contributed by atoms with E-state index >= 15 is 0 Å². The average Bonchev–Trinajstić information content (AvgIpc) is 2.82. The highest BCUT2D eigenvalue weighted by atomic mass is 32.3. The maximum Gasteiger partial charge on any atom is 0.324 e. The number of benzene rings is 1. The van der Waals surface area contributed by atoms with Gasteiger partial charge in [0.25, 0.3) is 0 Å². The van der Waals surface area contributed by atoms with E-state index in [0.29, 0.717) is 5.75 Å². The third-order valence-electron chi connectivity index (χ3n) is 6.59. The minimum absolute atomic E-state index is 0.174. The van der Waals surface area contributed by atoms with Crippen LogP contribution in [0.25, 0.3) is 0 Å². The van der Waals surface area contributed by atoms with Crippen molar-refractivity contribution in [2.75, 3.05) is 41.0 Å². The van der Waals surface area contributed by atoms with E-state index in [2.05, 4.69) is 0 Å². The quantitative estimate of drug-likeness (QED) is 0.481. The Labute approximate surface area is 200 Å². The number of piperidine rings is 1.